The third-order valence-electron chi connectivity index (χ3n) is 2.74. The molecule has 8 heteroatoms. The van der Waals surface area contributed by atoms with Crippen LogP contribution in [0.3, 0.4) is 0 Å². The van der Waals surface area contributed by atoms with Gasteiger partial charge in [0, 0.05) is 17.7 Å². The second kappa shape index (κ2) is 5.86. The zero-order chi connectivity index (χ0) is 16.4. The van der Waals surface area contributed by atoms with Crippen LogP contribution in [-0.2, 0) is 4.79 Å². The molecule has 0 unspecified atom stereocenters. The van der Waals surface area contributed by atoms with E-state index in [0.717, 1.165) is 23.1 Å². The van der Waals surface area contributed by atoms with E-state index in [1.165, 1.54) is 0 Å². The SMILES string of the molecule is CC(C)(C)N(CC(=O)O)C(=O)c1cc([N+](=O)[O-])ccc1F. The molecule has 0 radical (unpaired) electrons. The van der Waals surface area contributed by atoms with Crippen molar-refractivity contribution in [2.75, 3.05) is 6.54 Å². The van der Waals surface area contributed by atoms with Crippen LogP contribution in [0, 0.1) is 15.9 Å². The number of amides is 1. The molecule has 0 aliphatic carbocycles. The van der Waals surface area contributed by atoms with Crippen LogP contribution in [0.5, 0.6) is 0 Å². The van der Waals surface area contributed by atoms with Crippen LogP contribution < -0.4 is 0 Å². The van der Waals surface area contributed by atoms with E-state index >= 15 is 0 Å². The summed E-state index contributed by atoms with van der Waals surface area (Å²) in [6, 6.07) is 2.55. The summed E-state index contributed by atoms with van der Waals surface area (Å²) < 4.78 is 13.8. The molecule has 1 N–H and O–H groups in total. The summed E-state index contributed by atoms with van der Waals surface area (Å²) in [4.78, 5) is 34.1. The van der Waals surface area contributed by atoms with Gasteiger partial charge in [0.1, 0.15) is 12.4 Å². The number of halogens is 1. The fourth-order valence-electron chi connectivity index (χ4n) is 1.68. The van der Waals surface area contributed by atoms with Gasteiger partial charge in [-0.15, -0.1) is 0 Å². The molecule has 0 aromatic heterocycles. The summed E-state index contributed by atoms with van der Waals surface area (Å²) in [5, 5.41) is 19.6. The minimum absolute atomic E-state index is 0.441. The molecule has 1 amide bonds. The monoisotopic (exact) mass is 298 g/mol. The van der Waals surface area contributed by atoms with E-state index in [1.54, 1.807) is 20.8 Å². The molecule has 0 bridgehead atoms. The second-order valence-electron chi connectivity index (χ2n) is 5.38. The highest BCUT2D eigenvalue weighted by Crippen LogP contribution is 2.22. The van der Waals surface area contributed by atoms with Gasteiger partial charge in [-0.2, -0.15) is 0 Å². The van der Waals surface area contributed by atoms with Crippen LogP contribution >= 0.6 is 0 Å². The lowest BCUT2D eigenvalue weighted by Crippen LogP contribution is -2.48. The number of non-ortho nitro benzene ring substituents is 1. The predicted molar refractivity (Wildman–Crippen MR) is 71.5 cm³/mol. The third-order valence-corrected chi connectivity index (χ3v) is 2.74. The molecule has 21 heavy (non-hydrogen) atoms. The highest BCUT2D eigenvalue weighted by atomic mass is 19.1. The Bertz CT molecular complexity index is 595. The number of rotatable bonds is 4. The number of carbonyl (C=O) groups is 2. The first-order valence-electron chi connectivity index (χ1n) is 6.01. The van der Waals surface area contributed by atoms with E-state index in [-0.39, 0.29) is 0 Å². The van der Waals surface area contributed by atoms with Crippen LogP contribution in [0.25, 0.3) is 0 Å². The van der Waals surface area contributed by atoms with Crippen molar-refractivity contribution < 1.29 is 24.0 Å². The molecule has 0 saturated heterocycles. The molecule has 1 rings (SSSR count). The number of nitro groups is 1. The first-order valence-corrected chi connectivity index (χ1v) is 6.01. The maximum atomic E-state index is 13.8. The van der Waals surface area contributed by atoms with Crippen molar-refractivity contribution in [3.8, 4) is 0 Å². The molecule has 1 aromatic carbocycles. The normalized spacial score (nSPS) is 11.0. The standard InChI is InChI=1S/C13H15FN2O5/c1-13(2,3)15(7-11(17)18)12(19)9-6-8(16(20)21)4-5-10(9)14/h4-6H,7H2,1-3H3,(H,17,18). The molecule has 0 spiro atoms. The predicted octanol–water partition coefficient (Wildman–Crippen LogP) is 2.06. The van der Waals surface area contributed by atoms with Crippen molar-refractivity contribution >= 4 is 17.6 Å². The number of benzene rings is 1. The Kier molecular flexibility index (Phi) is 4.62. The van der Waals surface area contributed by atoms with Crippen molar-refractivity contribution in [2.45, 2.75) is 26.3 Å². The van der Waals surface area contributed by atoms with E-state index in [1.807, 2.05) is 0 Å². The van der Waals surface area contributed by atoms with Gasteiger partial charge in [-0.3, -0.25) is 19.7 Å². The van der Waals surface area contributed by atoms with Gasteiger partial charge in [0.15, 0.2) is 0 Å². The molecular formula is C13H15FN2O5. The summed E-state index contributed by atoms with van der Waals surface area (Å²) in [6.45, 7) is 4.12. The molecule has 0 saturated carbocycles. The maximum Gasteiger partial charge on any atom is 0.323 e. The Labute approximate surface area is 120 Å². The maximum absolute atomic E-state index is 13.8. The molecule has 0 aliphatic rings. The van der Waals surface area contributed by atoms with Crippen molar-refractivity contribution in [1.29, 1.82) is 0 Å². The zero-order valence-corrected chi connectivity index (χ0v) is 11.8. The number of carbonyl (C=O) groups excluding carboxylic acids is 1. The van der Waals surface area contributed by atoms with Crippen molar-refractivity contribution in [2.24, 2.45) is 0 Å². The Morgan fingerprint density at radius 3 is 2.38 bits per heavy atom. The summed E-state index contributed by atoms with van der Waals surface area (Å²) >= 11 is 0. The van der Waals surface area contributed by atoms with Crippen LogP contribution in [0.2, 0.25) is 0 Å². The van der Waals surface area contributed by atoms with E-state index in [4.69, 9.17) is 5.11 Å². The summed E-state index contributed by atoms with van der Waals surface area (Å²) in [6.07, 6.45) is 0. The number of nitrogens with zero attached hydrogens (tertiary/aromatic N) is 2. The third kappa shape index (κ3) is 3.98. The number of carboxylic acid groups (broad SMARTS) is 1. The topological polar surface area (TPSA) is 101 Å². The minimum Gasteiger partial charge on any atom is -0.480 e. The second-order valence-corrected chi connectivity index (χ2v) is 5.38. The van der Waals surface area contributed by atoms with E-state index in [9.17, 15) is 24.1 Å². The van der Waals surface area contributed by atoms with E-state index < -0.39 is 46.0 Å². The van der Waals surface area contributed by atoms with Crippen molar-refractivity contribution in [3.05, 3.63) is 39.7 Å². The highest BCUT2D eigenvalue weighted by Gasteiger charge is 2.31. The van der Waals surface area contributed by atoms with Gasteiger partial charge in [0.2, 0.25) is 0 Å². The molecule has 0 fully saturated rings. The summed E-state index contributed by atoms with van der Waals surface area (Å²) in [7, 11) is 0. The lowest BCUT2D eigenvalue weighted by molar-refractivity contribution is -0.384. The number of nitro benzene ring substituents is 1. The lowest BCUT2D eigenvalue weighted by Gasteiger charge is -2.34. The van der Waals surface area contributed by atoms with Crippen LogP contribution in [0.1, 0.15) is 31.1 Å². The molecule has 1 aromatic rings. The first-order chi connectivity index (χ1) is 9.54. The van der Waals surface area contributed by atoms with E-state index in [0.29, 0.717) is 0 Å². The number of hydrogen-bond donors (Lipinski definition) is 1. The number of aliphatic carboxylic acids is 1. The summed E-state index contributed by atoms with van der Waals surface area (Å²) in [5.41, 5.74) is -1.85. The molecule has 7 nitrogen and oxygen atoms in total. The molecule has 114 valence electrons. The molecule has 0 aliphatic heterocycles. The van der Waals surface area contributed by atoms with Crippen molar-refractivity contribution in [3.63, 3.8) is 0 Å². The van der Waals surface area contributed by atoms with Crippen molar-refractivity contribution in [1.82, 2.24) is 4.90 Å². The zero-order valence-electron chi connectivity index (χ0n) is 11.8. The van der Waals surface area contributed by atoms with Gasteiger partial charge in [0.05, 0.1) is 10.5 Å². The fourth-order valence-corrected chi connectivity index (χ4v) is 1.68. The quantitative estimate of drug-likeness (QED) is 0.677. The fraction of sp³-hybridized carbons (Fsp3) is 0.385. The number of hydrogen-bond acceptors (Lipinski definition) is 4. The van der Waals surface area contributed by atoms with Crippen LogP contribution in [-0.4, -0.2) is 38.9 Å². The Morgan fingerprint density at radius 2 is 1.95 bits per heavy atom. The molecule has 0 heterocycles. The lowest BCUT2D eigenvalue weighted by atomic mass is 10.0. The highest BCUT2D eigenvalue weighted by molar-refractivity contribution is 5.97. The Morgan fingerprint density at radius 1 is 1.38 bits per heavy atom. The van der Waals surface area contributed by atoms with Gasteiger partial charge >= 0.3 is 5.97 Å². The van der Waals surface area contributed by atoms with E-state index in [2.05, 4.69) is 0 Å². The van der Waals surface area contributed by atoms with Gasteiger partial charge in [-0.1, -0.05) is 0 Å². The van der Waals surface area contributed by atoms with Crippen LogP contribution in [0.15, 0.2) is 18.2 Å². The smallest absolute Gasteiger partial charge is 0.323 e. The largest absolute Gasteiger partial charge is 0.480 e. The molecular weight excluding hydrogens is 283 g/mol. The van der Waals surface area contributed by atoms with Gasteiger partial charge < -0.3 is 10.0 Å². The first kappa shape index (κ1) is 16.5. The average molecular weight is 298 g/mol. The minimum atomic E-state index is -1.26. The van der Waals surface area contributed by atoms with Crippen LogP contribution in [0.4, 0.5) is 10.1 Å². The van der Waals surface area contributed by atoms with Gasteiger partial charge in [-0.25, -0.2) is 4.39 Å². The molecule has 0 atom stereocenters. The number of carboxylic acids is 1. The average Bonchev–Trinajstić information content (AvgIpc) is 2.34. The summed E-state index contributed by atoms with van der Waals surface area (Å²) in [5.74, 6) is -3.11. The van der Waals surface area contributed by atoms with Gasteiger partial charge in [0.25, 0.3) is 11.6 Å². The Balaban J connectivity index is 3.29. The Hall–Kier alpha value is -2.51. The van der Waals surface area contributed by atoms with Gasteiger partial charge in [-0.05, 0) is 26.8 Å².